The Morgan fingerprint density at radius 2 is 2.04 bits per heavy atom. The van der Waals surface area contributed by atoms with Crippen LogP contribution < -0.4 is 5.32 Å². The molecule has 2 N–H and O–H groups in total. The maximum absolute atomic E-state index is 9.02. The molecule has 126 valence electrons. The fraction of sp³-hybridized carbons (Fsp3) is 0.0952. The number of rotatable bonds is 4. The number of aromatic nitrogens is 3. The summed E-state index contributed by atoms with van der Waals surface area (Å²) in [5, 5.41) is 13.5. The molecule has 3 heterocycles. The largest absolute Gasteiger partial charge is 0.366 e. The van der Waals surface area contributed by atoms with Gasteiger partial charge in [-0.25, -0.2) is 9.97 Å². The van der Waals surface area contributed by atoms with Gasteiger partial charge < -0.3 is 10.3 Å². The van der Waals surface area contributed by atoms with Crippen LogP contribution in [0.25, 0.3) is 22.2 Å². The van der Waals surface area contributed by atoms with Gasteiger partial charge in [0.05, 0.1) is 11.6 Å². The molecule has 4 rings (SSSR count). The van der Waals surface area contributed by atoms with Gasteiger partial charge in [0.1, 0.15) is 11.5 Å². The van der Waals surface area contributed by atoms with Crippen LogP contribution >= 0.6 is 0 Å². The smallest absolute Gasteiger partial charge is 0.137 e. The second kappa shape index (κ2) is 6.69. The lowest BCUT2D eigenvalue weighted by atomic mass is 9.99. The zero-order valence-electron chi connectivity index (χ0n) is 14.3. The van der Waals surface area contributed by atoms with E-state index in [-0.39, 0.29) is 0 Å². The van der Waals surface area contributed by atoms with Crippen molar-refractivity contribution in [1.29, 1.82) is 5.26 Å². The van der Waals surface area contributed by atoms with Crippen LogP contribution in [0.15, 0.2) is 61.1 Å². The van der Waals surface area contributed by atoms with Crippen LogP contribution in [0.4, 0.5) is 5.82 Å². The Balaban J connectivity index is 1.55. The summed E-state index contributed by atoms with van der Waals surface area (Å²) in [7, 11) is 0. The molecule has 0 aliphatic rings. The highest BCUT2D eigenvalue weighted by Crippen LogP contribution is 2.25. The van der Waals surface area contributed by atoms with E-state index in [4.69, 9.17) is 5.26 Å². The Morgan fingerprint density at radius 3 is 2.88 bits per heavy atom. The van der Waals surface area contributed by atoms with E-state index >= 15 is 0 Å². The average Bonchev–Trinajstić information content (AvgIpc) is 3.14. The number of benzene rings is 1. The number of hydrogen-bond donors (Lipinski definition) is 2. The SMILES string of the molecule is Cc1cc(C#N)ccc1-c1ccnc(NCc2cnc3[nH]ccc3c2)c1. The normalized spacial score (nSPS) is 10.6. The molecular formula is C21H17N5. The summed E-state index contributed by atoms with van der Waals surface area (Å²) in [4.78, 5) is 11.9. The number of pyridine rings is 2. The zero-order chi connectivity index (χ0) is 17.9. The first-order valence-electron chi connectivity index (χ1n) is 8.36. The summed E-state index contributed by atoms with van der Waals surface area (Å²) < 4.78 is 0. The van der Waals surface area contributed by atoms with E-state index in [1.165, 1.54) is 0 Å². The van der Waals surface area contributed by atoms with Gasteiger partial charge in [-0.15, -0.1) is 0 Å². The van der Waals surface area contributed by atoms with Crippen molar-refractivity contribution in [2.24, 2.45) is 0 Å². The molecule has 0 aliphatic heterocycles. The van der Waals surface area contributed by atoms with Crippen LogP contribution in [0.1, 0.15) is 16.7 Å². The first kappa shape index (κ1) is 15.9. The summed E-state index contributed by atoms with van der Waals surface area (Å²) in [6.07, 6.45) is 5.54. The third-order valence-corrected chi connectivity index (χ3v) is 4.36. The van der Waals surface area contributed by atoms with Crippen LogP contribution in [-0.4, -0.2) is 15.0 Å². The molecule has 0 atom stereocenters. The fourth-order valence-corrected chi connectivity index (χ4v) is 3.03. The third-order valence-electron chi connectivity index (χ3n) is 4.36. The first-order valence-corrected chi connectivity index (χ1v) is 8.36. The van der Waals surface area contributed by atoms with Gasteiger partial charge >= 0.3 is 0 Å². The Hall–Kier alpha value is -3.65. The second-order valence-corrected chi connectivity index (χ2v) is 6.18. The highest BCUT2D eigenvalue weighted by atomic mass is 15.0. The summed E-state index contributed by atoms with van der Waals surface area (Å²) >= 11 is 0. The molecular weight excluding hydrogens is 322 g/mol. The molecule has 1 aromatic carbocycles. The molecule has 0 spiro atoms. The standard InChI is InChI=1S/C21H17N5/c1-14-8-15(11-22)2-3-19(14)17-4-6-23-20(10-17)25-12-16-9-18-5-7-24-21(18)26-13-16/h2-10,13H,12H2,1H3,(H,23,25)(H,24,26). The van der Waals surface area contributed by atoms with Crippen LogP contribution in [0, 0.1) is 18.3 Å². The predicted octanol–water partition coefficient (Wildman–Crippen LogP) is 4.42. The maximum Gasteiger partial charge on any atom is 0.137 e. The van der Waals surface area contributed by atoms with Gasteiger partial charge in [0.25, 0.3) is 0 Å². The lowest BCUT2D eigenvalue weighted by Crippen LogP contribution is -2.02. The van der Waals surface area contributed by atoms with Crippen LogP contribution in [-0.2, 0) is 6.54 Å². The Labute approximate surface area is 151 Å². The van der Waals surface area contributed by atoms with Gasteiger partial charge in [0, 0.05) is 30.5 Å². The van der Waals surface area contributed by atoms with E-state index in [2.05, 4.69) is 32.4 Å². The molecule has 5 heteroatoms. The molecule has 0 amide bonds. The lowest BCUT2D eigenvalue weighted by Gasteiger charge is -2.10. The molecule has 4 aromatic rings. The molecule has 3 aromatic heterocycles. The van der Waals surface area contributed by atoms with Crippen LogP contribution in [0.3, 0.4) is 0 Å². The van der Waals surface area contributed by atoms with Gasteiger partial charge in [-0.05, 0) is 65.6 Å². The molecule has 0 bridgehead atoms. The highest BCUT2D eigenvalue weighted by Gasteiger charge is 2.05. The number of nitrogens with one attached hydrogen (secondary N) is 2. The Bertz CT molecular complexity index is 1120. The number of nitrogens with zero attached hydrogens (tertiary/aromatic N) is 3. The summed E-state index contributed by atoms with van der Waals surface area (Å²) in [6.45, 7) is 2.67. The first-order chi connectivity index (χ1) is 12.7. The van der Waals surface area contributed by atoms with E-state index in [9.17, 15) is 0 Å². The van der Waals surface area contributed by atoms with Crippen molar-refractivity contribution in [3.05, 3.63) is 77.7 Å². The summed E-state index contributed by atoms with van der Waals surface area (Å²) in [5.41, 5.74) is 5.91. The van der Waals surface area contributed by atoms with Gasteiger partial charge in [0.15, 0.2) is 0 Å². The number of anilines is 1. The molecule has 0 fully saturated rings. The van der Waals surface area contributed by atoms with Crippen molar-refractivity contribution in [2.75, 3.05) is 5.32 Å². The molecule has 0 radical (unpaired) electrons. The van der Waals surface area contributed by atoms with E-state index in [0.717, 1.165) is 39.1 Å². The van der Waals surface area contributed by atoms with E-state index in [0.29, 0.717) is 12.1 Å². The molecule has 0 aliphatic carbocycles. The molecule has 0 saturated heterocycles. The highest BCUT2D eigenvalue weighted by molar-refractivity contribution is 5.75. The Morgan fingerprint density at radius 1 is 1.12 bits per heavy atom. The number of aromatic amines is 1. The van der Waals surface area contributed by atoms with Crippen LogP contribution in [0.2, 0.25) is 0 Å². The van der Waals surface area contributed by atoms with Crippen molar-refractivity contribution in [2.45, 2.75) is 13.5 Å². The van der Waals surface area contributed by atoms with Crippen molar-refractivity contribution in [1.82, 2.24) is 15.0 Å². The van der Waals surface area contributed by atoms with Crippen molar-refractivity contribution in [3.8, 4) is 17.2 Å². The van der Waals surface area contributed by atoms with Gasteiger partial charge in [-0.1, -0.05) is 6.07 Å². The predicted molar refractivity (Wildman–Crippen MR) is 103 cm³/mol. The van der Waals surface area contributed by atoms with Crippen LogP contribution in [0.5, 0.6) is 0 Å². The van der Waals surface area contributed by atoms with Crippen molar-refractivity contribution in [3.63, 3.8) is 0 Å². The second-order valence-electron chi connectivity index (χ2n) is 6.18. The molecule has 26 heavy (non-hydrogen) atoms. The van der Waals surface area contributed by atoms with Gasteiger partial charge in [0.2, 0.25) is 0 Å². The van der Waals surface area contributed by atoms with Crippen molar-refractivity contribution < 1.29 is 0 Å². The molecule has 0 unspecified atom stereocenters. The molecule has 5 nitrogen and oxygen atoms in total. The zero-order valence-corrected chi connectivity index (χ0v) is 14.3. The monoisotopic (exact) mass is 339 g/mol. The summed E-state index contributed by atoms with van der Waals surface area (Å²) in [6, 6.07) is 16.0. The lowest BCUT2D eigenvalue weighted by molar-refractivity contribution is 1.10. The number of hydrogen-bond acceptors (Lipinski definition) is 4. The molecule has 0 saturated carbocycles. The van der Waals surface area contributed by atoms with Crippen molar-refractivity contribution >= 4 is 16.9 Å². The summed E-state index contributed by atoms with van der Waals surface area (Å²) in [5.74, 6) is 0.806. The average molecular weight is 339 g/mol. The quantitative estimate of drug-likeness (QED) is 0.577. The number of aryl methyl sites for hydroxylation is 1. The topological polar surface area (TPSA) is 77.4 Å². The minimum atomic E-state index is 0.650. The number of fused-ring (bicyclic) bond motifs is 1. The number of nitriles is 1. The van der Waals surface area contributed by atoms with E-state index in [1.54, 1.807) is 6.20 Å². The Kier molecular flexibility index (Phi) is 4.08. The van der Waals surface area contributed by atoms with Gasteiger partial charge in [-0.3, -0.25) is 0 Å². The fourth-order valence-electron chi connectivity index (χ4n) is 3.03. The van der Waals surface area contributed by atoms with E-state index < -0.39 is 0 Å². The third kappa shape index (κ3) is 3.13. The minimum Gasteiger partial charge on any atom is -0.366 e. The van der Waals surface area contributed by atoms with Gasteiger partial charge in [-0.2, -0.15) is 5.26 Å². The maximum atomic E-state index is 9.02. The number of H-pyrrole nitrogens is 1. The minimum absolute atomic E-state index is 0.650. The van der Waals surface area contributed by atoms with E-state index in [1.807, 2.05) is 55.7 Å².